The molecule has 0 bridgehead atoms. The molecule has 0 aromatic carbocycles. The Hall–Kier alpha value is -0.310. The predicted octanol–water partition coefficient (Wildman–Crippen LogP) is -0.991. The summed E-state index contributed by atoms with van der Waals surface area (Å²) in [5.74, 6) is 0.707. The Balaban J connectivity index is 0. The molecular weight excluding hydrogens is 194 g/mol. The maximum absolute atomic E-state index is 9.42. The summed E-state index contributed by atoms with van der Waals surface area (Å²) in [6, 6.07) is 0. The van der Waals surface area contributed by atoms with E-state index in [0.29, 0.717) is 18.7 Å². The average molecular weight is 203 g/mol. The van der Waals surface area contributed by atoms with Crippen molar-refractivity contribution in [3.63, 3.8) is 0 Å². The molecule has 0 radical (unpaired) electrons. The van der Waals surface area contributed by atoms with Crippen LogP contribution in [-0.2, 0) is 15.2 Å². The van der Waals surface area contributed by atoms with Crippen molar-refractivity contribution in [1.82, 2.24) is 5.32 Å². The minimum atomic E-state index is -4.67. The minimum absolute atomic E-state index is 0.659. The van der Waals surface area contributed by atoms with Crippen LogP contribution in [0.25, 0.3) is 0 Å². The largest absolute Gasteiger partial charge is 0.394 e. The molecule has 1 amide bonds. The van der Waals surface area contributed by atoms with Crippen molar-refractivity contribution in [2.75, 3.05) is 12.3 Å². The summed E-state index contributed by atoms with van der Waals surface area (Å²) < 4.78 is 31.6. The van der Waals surface area contributed by atoms with Crippen molar-refractivity contribution < 1.29 is 22.3 Å². The zero-order chi connectivity index (χ0) is 9.33. The van der Waals surface area contributed by atoms with Crippen LogP contribution in [0.2, 0.25) is 0 Å². The Morgan fingerprint density at radius 2 is 1.82 bits per heavy atom. The van der Waals surface area contributed by atoms with Gasteiger partial charge in [0.2, 0.25) is 6.41 Å². The second-order valence-corrected chi connectivity index (χ2v) is 2.59. The van der Waals surface area contributed by atoms with Gasteiger partial charge in [0.15, 0.2) is 0 Å². The van der Waals surface area contributed by atoms with Crippen LogP contribution in [0.4, 0.5) is 0 Å². The minimum Gasteiger partial charge on any atom is -0.358 e. The summed E-state index contributed by atoms with van der Waals surface area (Å²) in [5.41, 5.74) is 0. The van der Waals surface area contributed by atoms with Gasteiger partial charge in [-0.25, -0.2) is 0 Å². The van der Waals surface area contributed by atoms with Crippen LogP contribution >= 0.6 is 12.6 Å². The number of carbonyl (C=O) groups is 1. The first-order chi connectivity index (χ1) is 4.91. The molecule has 0 spiro atoms. The molecule has 0 aliphatic heterocycles. The molecule has 0 fully saturated rings. The molecule has 0 atom stereocenters. The van der Waals surface area contributed by atoms with Gasteiger partial charge in [0.05, 0.1) is 0 Å². The van der Waals surface area contributed by atoms with Gasteiger partial charge in [0.25, 0.3) is 0 Å². The molecule has 0 saturated carbocycles. The second kappa shape index (κ2) is 7.79. The molecule has 0 aromatic rings. The van der Waals surface area contributed by atoms with Crippen molar-refractivity contribution in [2.24, 2.45) is 0 Å². The first-order valence-electron chi connectivity index (χ1n) is 2.39. The Morgan fingerprint density at radius 3 is 1.91 bits per heavy atom. The Morgan fingerprint density at radius 1 is 1.45 bits per heavy atom. The summed E-state index contributed by atoms with van der Waals surface area (Å²) in [6.07, 6.45) is 0.663. The number of hydrogen-bond acceptors (Lipinski definition) is 4. The zero-order valence-electron chi connectivity index (χ0n) is 5.47. The quantitative estimate of drug-likeness (QED) is 0.204. The smallest absolute Gasteiger partial charge is 0.358 e. The predicted molar refractivity (Wildman–Crippen MR) is 42.1 cm³/mol. The first kappa shape index (κ1) is 13.3. The monoisotopic (exact) mass is 203 g/mol. The van der Waals surface area contributed by atoms with Gasteiger partial charge in [0, 0.05) is 12.3 Å². The van der Waals surface area contributed by atoms with Gasteiger partial charge < -0.3 is 5.32 Å². The van der Waals surface area contributed by atoms with Crippen LogP contribution in [0, 0.1) is 0 Å². The van der Waals surface area contributed by atoms with E-state index in [1.165, 1.54) is 0 Å². The maximum Gasteiger partial charge on any atom is 0.394 e. The molecule has 8 heteroatoms. The third-order valence-electron chi connectivity index (χ3n) is 0.339. The van der Waals surface area contributed by atoms with Gasteiger partial charge in [-0.3, -0.25) is 13.9 Å². The van der Waals surface area contributed by atoms with Crippen LogP contribution in [0.3, 0.4) is 0 Å². The van der Waals surface area contributed by atoms with Gasteiger partial charge in [-0.05, 0) is 0 Å². The molecule has 0 saturated heterocycles. The summed E-state index contributed by atoms with van der Waals surface area (Å²) in [6.45, 7) is 0.659. The molecule has 68 valence electrons. The summed E-state index contributed by atoms with van der Waals surface area (Å²) >= 11 is 3.83. The molecule has 0 heterocycles. The van der Waals surface area contributed by atoms with Gasteiger partial charge in [-0.1, -0.05) is 0 Å². The molecule has 11 heavy (non-hydrogen) atoms. The Kier molecular flexibility index (Phi) is 9.42. The van der Waals surface area contributed by atoms with Crippen LogP contribution < -0.4 is 5.32 Å². The van der Waals surface area contributed by atoms with Crippen LogP contribution in [-0.4, -0.2) is 36.2 Å². The standard InChI is InChI=1S/C3H7NOS.H2O4S/c5-3-4-1-2-6;1-5(2,3)4/h3,6H,1-2H2,(H,4,5);(H2,1,2,3,4). The average Bonchev–Trinajstić information content (AvgIpc) is 1.79. The highest BCUT2D eigenvalue weighted by Crippen LogP contribution is 1.63. The van der Waals surface area contributed by atoms with E-state index in [1.54, 1.807) is 0 Å². The van der Waals surface area contributed by atoms with Gasteiger partial charge in [-0.2, -0.15) is 21.0 Å². The lowest BCUT2D eigenvalue weighted by Gasteiger charge is -1.85. The van der Waals surface area contributed by atoms with Gasteiger partial charge >= 0.3 is 10.4 Å². The number of thiol groups is 1. The number of amides is 1. The normalized spacial score (nSPS) is 9.36. The lowest BCUT2D eigenvalue weighted by molar-refractivity contribution is -0.109. The van der Waals surface area contributed by atoms with E-state index in [-0.39, 0.29) is 0 Å². The lowest BCUT2D eigenvalue weighted by atomic mass is 10.8. The number of carbonyl (C=O) groups excluding carboxylic acids is 1. The molecule has 0 aromatic heterocycles. The van der Waals surface area contributed by atoms with E-state index in [1.807, 2.05) is 0 Å². The highest BCUT2D eigenvalue weighted by atomic mass is 32.3. The lowest BCUT2D eigenvalue weighted by Crippen LogP contribution is -2.12. The molecular formula is C3H9NO5S2. The SMILES string of the molecule is O=CNCCS.O=S(=O)(O)O. The van der Waals surface area contributed by atoms with Crippen LogP contribution in [0.15, 0.2) is 0 Å². The molecule has 0 aliphatic rings. The third kappa shape index (κ3) is 79.2. The number of nitrogens with one attached hydrogen (secondary N) is 1. The van der Waals surface area contributed by atoms with Crippen molar-refractivity contribution >= 4 is 29.4 Å². The molecule has 0 rings (SSSR count). The van der Waals surface area contributed by atoms with Crippen molar-refractivity contribution in [3.8, 4) is 0 Å². The molecule has 0 unspecified atom stereocenters. The molecule has 3 N–H and O–H groups in total. The molecule has 0 aliphatic carbocycles. The zero-order valence-corrected chi connectivity index (χ0v) is 7.18. The van der Waals surface area contributed by atoms with Crippen molar-refractivity contribution in [1.29, 1.82) is 0 Å². The maximum atomic E-state index is 9.42. The second-order valence-electron chi connectivity index (χ2n) is 1.24. The molecule has 6 nitrogen and oxygen atoms in total. The van der Waals surface area contributed by atoms with Crippen LogP contribution in [0.5, 0.6) is 0 Å². The number of hydrogen-bond donors (Lipinski definition) is 4. The van der Waals surface area contributed by atoms with E-state index in [9.17, 15) is 4.79 Å². The Labute approximate surface area is 70.0 Å². The summed E-state index contributed by atoms with van der Waals surface area (Å²) in [4.78, 5) is 9.42. The third-order valence-corrected chi connectivity index (χ3v) is 0.563. The van der Waals surface area contributed by atoms with Crippen LogP contribution in [0.1, 0.15) is 0 Å². The highest BCUT2D eigenvalue weighted by Gasteiger charge is 1.84. The van der Waals surface area contributed by atoms with Crippen molar-refractivity contribution in [3.05, 3.63) is 0 Å². The fraction of sp³-hybridized carbons (Fsp3) is 0.667. The first-order valence-corrected chi connectivity index (χ1v) is 4.42. The van der Waals surface area contributed by atoms with Gasteiger partial charge in [0.1, 0.15) is 0 Å². The fourth-order valence-corrected chi connectivity index (χ4v) is 0.253. The summed E-state index contributed by atoms with van der Waals surface area (Å²) in [5, 5.41) is 2.44. The van der Waals surface area contributed by atoms with E-state index < -0.39 is 10.4 Å². The highest BCUT2D eigenvalue weighted by molar-refractivity contribution is 7.80. The Bertz CT molecular complexity index is 168. The number of rotatable bonds is 3. The van der Waals surface area contributed by atoms with E-state index in [2.05, 4.69) is 17.9 Å². The van der Waals surface area contributed by atoms with E-state index >= 15 is 0 Å². The van der Waals surface area contributed by atoms with Gasteiger partial charge in [-0.15, -0.1) is 0 Å². The summed E-state index contributed by atoms with van der Waals surface area (Å²) in [7, 11) is -4.67. The van der Waals surface area contributed by atoms with E-state index in [4.69, 9.17) is 17.5 Å². The fourth-order valence-electron chi connectivity index (χ4n) is 0.123. The topological polar surface area (TPSA) is 104 Å². The van der Waals surface area contributed by atoms with Crippen molar-refractivity contribution in [2.45, 2.75) is 0 Å². The van der Waals surface area contributed by atoms with E-state index in [0.717, 1.165) is 0 Å².